The van der Waals surface area contributed by atoms with E-state index in [9.17, 15) is 0 Å². The summed E-state index contributed by atoms with van der Waals surface area (Å²) in [4.78, 5) is 12.5. The standard InChI is InChI=1S/C15H23N5OS.ClH/c1-9(2)7-12-17-10(3)13(22-12)15-18-14(19-21-15)11-8-16-5-6-20(11)4;/h9,11,16H,5-8H2,1-4H3;1H. The Morgan fingerprint density at radius 3 is 2.87 bits per heavy atom. The molecule has 23 heavy (non-hydrogen) atoms. The largest absolute Gasteiger partial charge is 0.333 e. The first kappa shape index (κ1) is 18.3. The van der Waals surface area contributed by atoms with Crippen LogP contribution in [0.15, 0.2) is 4.52 Å². The zero-order valence-corrected chi connectivity index (χ0v) is 15.6. The van der Waals surface area contributed by atoms with E-state index in [-0.39, 0.29) is 18.4 Å². The number of aryl methyl sites for hydroxylation is 1. The van der Waals surface area contributed by atoms with Crippen LogP contribution in [0.3, 0.4) is 0 Å². The van der Waals surface area contributed by atoms with Crippen LogP contribution in [-0.2, 0) is 6.42 Å². The zero-order chi connectivity index (χ0) is 15.7. The predicted molar refractivity (Wildman–Crippen MR) is 94.2 cm³/mol. The second kappa shape index (κ2) is 7.70. The zero-order valence-electron chi connectivity index (χ0n) is 14.0. The minimum absolute atomic E-state index is 0. The molecule has 1 fully saturated rings. The van der Waals surface area contributed by atoms with Crippen LogP contribution in [-0.4, -0.2) is 46.7 Å². The minimum Gasteiger partial charge on any atom is -0.333 e. The summed E-state index contributed by atoms with van der Waals surface area (Å²) < 4.78 is 5.51. The molecule has 1 aliphatic rings. The van der Waals surface area contributed by atoms with Crippen molar-refractivity contribution in [2.24, 2.45) is 5.92 Å². The molecule has 3 heterocycles. The summed E-state index contributed by atoms with van der Waals surface area (Å²) in [6, 6.07) is 0.176. The summed E-state index contributed by atoms with van der Waals surface area (Å²) in [5.41, 5.74) is 0.978. The molecule has 0 aliphatic carbocycles. The van der Waals surface area contributed by atoms with Crippen LogP contribution in [0.1, 0.15) is 36.4 Å². The van der Waals surface area contributed by atoms with Gasteiger partial charge in [0.15, 0.2) is 5.82 Å². The third-order valence-electron chi connectivity index (χ3n) is 3.87. The lowest BCUT2D eigenvalue weighted by Crippen LogP contribution is -2.44. The van der Waals surface area contributed by atoms with Crippen molar-refractivity contribution in [2.75, 3.05) is 26.7 Å². The topological polar surface area (TPSA) is 67.1 Å². The smallest absolute Gasteiger partial charge is 0.269 e. The van der Waals surface area contributed by atoms with E-state index in [0.717, 1.165) is 47.5 Å². The second-order valence-corrected chi connectivity index (χ2v) is 7.36. The molecule has 2 aromatic rings. The summed E-state index contributed by atoms with van der Waals surface area (Å²) in [7, 11) is 2.10. The molecule has 8 heteroatoms. The van der Waals surface area contributed by atoms with Crippen molar-refractivity contribution in [3.63, 3.8) is 0 Å². The van der Waals surface area contributed by atoms with E-state index in [0.29, 0.717) is 11.8 Å². The van der Waals surface area contributed by atoms with Gasteiger partial charge in [0.2, 0.25) is 0 Å². The number of aromatic nitrogens is 3. The van der Waals surface area contributed by atoms with E-state index >= 15 is 0 Å². The predicted octanol–water partition coefficient (Wildman–Crippen LogP) is 2.70. The van der Waals surface area contributed by atoms with Crippen molar-refractivity contribution in [3.8, 4) is 10.8 Å². The average Bonchev–Trinajstić information content (AvgIpc) is 3.05. The molecule has 0 saturated carbocycles. The summed E-state index contributed by atoms with van der Waals surface area (Å²) >= 11 is 1.67. The first-order valence-electron chi connectivity index (χ1n) is 7.76. The Morgan fingerprint density at radius 2 is 2.17 bits per heavy atom. The molecular formula is C15H24ClN5OS. The quantitative estimate of drug-likeness (QED) is 0.907. The molecule has 0 aromatic carbocycles. The number of nitrogens with one attached hydrogen (secondary N) is 1. The number of likely N-dealkylation sites (N-methyl/N-ethyl adjacent to an activating group) is 1. The van der Waals surface area contributed by atoms with Gasteiger partial charge in [-0.15, -0.1) is 23.7 Å². The number of rotatable bonds is 4. The van der Waals surface area contributed by atoms with E-state index < -0.39 is 0 Å². The Kier molecular flexibility index (Phi) is 6.13. The Labute approximate surface area is 147 Å². The van der Waals surface area contributed by atoms with Gasteiger partial charge in [-0.1, -0.05) is 19.0 Å². The fourth-order valence-corrected chi connectivity index (χ4v) is 3.84. The fraction of sp³-hybridized carbons (Fsp3) is 0.667. The van der Waals surface area contributed by atoms with E-state index in [1.165, 1.54) is 0 Å². The Morgan fingerprint density at radius 1 is 1.39 bits per heavy atom. The third kappa shape index (κ3) is 4.09. The SMILES string of the molecule is Cc1nc(CC(C)C)sc1-c1nc(C2CNCCN2C)no1.Cl. The van der Waals surface area contributed by atoms with Crippen LogP contribution >= 0.6 is 23.7 Å². The van der Waals surface area contributed by atoms with E-state index in [1.807, 2.05) is 6.92 Å². The monoisotopic (exact) mass is 357 g/mol. The van der Waals surface area contributed by atoms with Crippen molar-refractivity contribution in [2.45, 2.75) is 33.2 Å². The molecule has 128 valence electrons. The first-order chi connectivity index (χ1) is 10.5. The average molecular weight is 358 g/mol. The van der Waals surface area contributed by atoms with Crippen LogP contribution in [0.5, 0.6) is 0 Å². The molecule has 0 spiro atoms. The molecule has 6 nitrogen and oxygen atoms in total. The van der Waals surface area contributed by atoms with Gasteiger partial charge in [-0.25, -0.2) is 4.98 Å². The second-order valence-electron chi connectivity index (χ2n) is 6.28. The van der Waals surface area contributed by atoms with E-state index in [1.54, 1.807) is 11.3 Å². The molecule has 2 aromatic heterocycles. The Bertz CT molecular complexity index is 642. The Hall–Kier alpha value is -1.02. The van der Waals surface area contributed by atoms with Gasteiger partial charge in [0.25, 0.3) is 5.89 Å². The van der Waals surface area contributed by atoms with Gasteiger partial charge >= 0.3 is 0 Å². The van der Waals surface area contributed by atoms with Gasteiger partial charge in [-0.2, -0.15) is 4.98 Å². The van der Waals surface area contributed by atoms with Crippen LogP contribution < -0.4 is 5.32 Å². The van der Waals surface area contributed by atoms with Crippen LogP contribution in [0.25, 0.3) is 10.8 Å². The number of thiazole rings is 1. The minimum atomic E-state index is 0. The number of halogens is 1. The molecule has 1 aliphatic heterocycles. The molecule has 1 N–H and O–H groups in total. The molecule has 0 amide bonds. The number of hydrogen-bond donors (Lipinski definition) is 1. The summed E-state index contributed by atoms with van der Waals surface area (Å²) in [5.74, 6) is 1.94. The molecule has 0 radical (unpaired) electrons. The molecular weight excluding hydrogens is 334 g/mol. The maximum Gasteiger partial charge on any atom is 0.269 e. The number of nitrogens with zero attached hydrogens (tertiary/aromatic N) is 4. The van der Waals surface area contributed by atoms with Gasteiger partial charge in [-0.3, -0.25) is 4.90 Å². The highest BCUT2D eigenvalue weighted by molar-refractivity contribution is 7.15. The van der Waals surface area contributed by atoms with Crippen molar-refractivity contribution >= 4 is 23.7 Å². The molecule has 1 saturated heterocycles. The van der Waals surface area contributed by atoms with Crippen molar-refractivity contribution in [1.29, 1.82) is 0 Å². The number of piperazine rings is 1. The van der Waals surface area contributed by atoms with Gasteiger partial charge in [0.1, 0.15) is 4.88 Å². The summed E-state index contributed by atoms with van der Waals surface area (Å²) in [6.07, 6.45) is 0.988. The third-order valence-corrected chi connectivity index (χ3v) is 5.04. The van der Waals surface area contributed by atoms with E-state index in [4.69, 9.17) is 4.52 Å². The highest BCUT2D eigenvalue weighted by Gasteiger charge is 2.26. The highest BCUT2D eigenvalue weighted by atomic mass is 35.5. The fourth-order valence-electron chi connectivity index (χ4n) is 2.64. The highest BCUT2D eigenvalue weighted by Crippen LogP contribution is 2.31. The van der Waals surface area contributed by atoms with Crippen LogP contribution in [0.2, 0.25) is 0 Å². The lowest BCUT2D eigenvalue weighted by molar-refractivity contribution is 0.190. The van der Waals surface area contributed by atoms with Crippen molar-refractivity contribution in [3.05, 3.63) is 16.5 Å². The number of hydrogen-bond acceptors (Lipinski definition) is 7. The van der Waals surface area contributed by atoms with Crippen LogP contribution in [0.4, 0.5) is 0 Å². The normalized spacial score (nSPS) is 19.1. The molecule has 1 unspecified atom stereocenters. The first-order valence-corrected chi connectivity index (χ1v) is 8.57. The molecule has 3 rings (SSSR count). The van der Waals surface area contributed by atoms with Gasteiger partial charge in [0, 0.05) is 26.1 Å². The van der Waals surface area contributed by atoms with E-state index in [2.05, 4.69) is 46.2 Å². The summed E-state index contributed by atoms with van der Waals surface area (Å²) in [6.45, 7) is 9.26. The van der Waals surface area contributed by atoms with Gasteiger partial charge in [0.05, 0.1) is 16.7 Å². The molecule has 1 atom stereocenters. The van der Waals surface area contributed by atoms with Crippen LogP contribution in [0, 0.1) is 12.8 Å². The van der Waals surface area contributed by atoms with Gasteiger partial charge in [-0.05, 0) is 19.9 Å². The summed E-state index contributed by atoms with van der Waals surface area (Å²) in [5, 5.41) is 8.70. The van der Waals surface area contributed by atoms with Crippen molar-refractivity contribution < 1.29 is 4.52 Å². The molecule has 0 bridgehead atoms. The maximum atomic E-state index is 5.51. The lowest BCUT2D eigenvalue weighted by Gasteiger charge is -2.30. The lowest BCUT2D eigenvalue weighted by atomic mass is 10.1. The van der Waals surface area contributed by atoms with Crippen molar-refractivity contribution in [1.82, 2.24) is 25.3 Å². The Balaban J connectivity index is 0.00000192. The van der Waals surface area contributed by atoms with Gasteiger partial charge < -0.3 is 9.84 Å². The maximum absolute atomic E-state index is 5.51.